The van der Waals surface area contributed by atoms with Crippen molar-refractivity contribution in [1.82, 2.24) is 19.6 Å². The van der Waals surface area contributed by atoms with Gasteiger partial charge < -0.3 is 34.3 Å². The Balaban J connectivity index is 0.997. The minimum atomic E-state index is -4.69. The van der Waals surface area contributed by atoms with E-state index in [-0.39, 0.29) is 36.5 Å². The fraction of sp³-hybridized carbons (Fsp3) is 0.417. The van der Waals surface area contributed by atoms with Gasteiger partial charge in [0.15, 0.2) is 0 Å². The summed E-state index contributed by atoms with van der Waals surface area (Å²) in [5.74, 6) is -2.80. The maximum atomic E-state index is 15.1. The molecule has 1 aliphatic carbocycles. The average Bonchev–Trinajstić information content (AvgIpc) is 3.77. The Morgan fingerprint density at radius 2 is 1.78 bits per heavy atom. The molecule has 0 spiro atoms. The number of H-pyrrole nitrogens is 1. The lowest BCUT2D eigenvalue weighted by Crippen LogP contribution is -2.47. The number of piperazine rings is 1. The Bertz CT molecular complexity index is 2810. The van der Waals surface area contributed by atoms with E-state index in [1.807, 2.05) is 41.3 Å². The lowest BCUT2D eigenvalue weighted by Gasteiger charge is -2.39. The normalized spacial score (nSPS) is 20.4. The maximum absolute atomic E-state index is 15.1. The van der Waals surface area contributed by atoms with Gasteiger partial charge in [0.05, 0.1) is 47.4 Å². The van der Waals surface area contributed by atoms with Crippen molar-refractivity contribution in [2.45, 2.75) is 56.7 Å². The number of hydrogen-bond donors (Lipinski definition) is 3. The second-order valence-electron chi connectivity index (χ2n) is 18.3. The molecule has 67 heavy (non-hydrogen) atoms. The number of benzene rings is 3. The standard InChI is InChI=1S/C48H54ClFN8O8S/c1-47(2)15-13-34(39(28-47)32-5-7-35(49)8-6-32)29-55-18-20-56(21-19-55)36-9-11-38(41(26-36)57-17-3-4-22-65-46-43(57)25-33-14-16-51-44(33)53-46)45(59)54-67(62,63)37-10-12-40(42(27-37)58(60)61)52-30-48(50)31-64-23-24-66-48/h5-12,14,16,25-27,52H,3-4,13,15,17-24,28-31H2,1-2H3,(H,51,53)(H,54,59)/t48-/m0/s1. The Kier molecular flexibility index (Phi) is 13.2. The van der Waals surface area contributed by atoms with Gasteiger partial charge in [-0.15, -0.1) is 0 Å². The van der Waals surface area contributed by atoms with Crippen LogP contribution < -0.4 is 24.6 Å². The third-order valence-electron chi connectivity index (χ3n) is 13.0. The van der Waals surface area contributed by atoms with Gasteiger partial charge in [0.1, 0.15) is 23.6 Å². The highest BCUT2D eigenvalue weighted by molar-refractivity contribution is 7.90. The first-order valence-electron chi connectivity index (χ1n) is 22.6. The van der Waals surface area contributed by atoms with E-state index >= 15 is 4.39 Å². The second-order valence-corrected chi connectivity index (χ2v) is 20.5. The predicted molar refractivity (Wildman–Crippen MR) is 256 cm³/mol. The zero-order valence-corrected chi connectivity index (χ0v) is 39.1. The van der Waals surface area contributed by atoms with Crippen LogP contribution in [0.1, 0.15) is 61.9 Å². The number of pyridine rings is 1. The SMILES string of the molecule is CC1(C)CCC(CN2CCN(c3ccc(C(=O)NS(=O)(=O)c4ccc(NC[C@@]5(F)COCCO5)c([N+](=O)[O-])c4)c(N4CCCCOc5nc6[nH]ccc6cc54)c3)CC2)=C(c2ccc(Cl)cc2)C1. The van der Waals surface area contributed by atoms with Crippen LogP contribution in [-0.4, -0.2) is 112 Å². The highest BCUT2D eigenvalue weighted by Gasteiger charge is 2.36. The molecule has 0 unspecified atom stereocenters. The second kappa shape index (κ2) is 19.1. The first kappa shape index (κ1) is 46.3. The van der Waals surface area contributed by atoms with Crippen LogP contribution in [0.4, 0.5) is 32.8 Å². The molecule has 19 heteroatoms. The van der Waals surface area contributed by atoms with Gasteiger partial charge in [0.2, 0.25) is 11.7 Å². The van der Waals surface area contributed by atoms with Gasteiger partial charge in [-0.2, -0.15) is 4.98 Å². The van der Waals surface area contributed by atoms with E-state index in [4.69, 9.17) is 30.8 Å². The Morgan fingerprint density at radius 1 is 0.970 bits per heavy atom. The van der Waals surface area contributed by atoms with Crippen molar-refractivity contribution >= 4 is 72.6 Å². The molecule has 354 valence electrons. The summed E-state index contributed by atoms with van der Waals surface area (Å²) >= 11 is 6.27. The third kappa shape index (κ3) is 10.4. The lowest BCUT2D eigenvalue weighted by atomic mass is 9.72. The molecule has 3 aromatic carbocycles. The molecule has 0 bridgehead atoms. The molecule has 2 aromatic heterocycles. The number of hydrogen-bond acceptors (Lipinski definition) is 13. The van der Waals surface area contributed by atoms with Gasteiger partial charge in [-0.3, -0.25) is 19.8 Å². The van der Waals surface area contributed by atoms with Gasteiger partial charge in [0, 0.05) is 67.6 Å². The van der Waals surface area contributed by atoms with Crippen molar-refractivity contribution in [3.8, 4) is 5.88 Å². The molecule has 3 N–H and O–H groups in total. The van der Waals surface area contributed by atoms with Crippen molar-refractivity contribution in [2.24, 2.45) is 5.41 Å². The highest BCUT2D eigenvalue weighted by atomic mass is 35.5. The zero-order valence-electron chi connectivity index (χ0n) is 37.5. The van der Waals surface area contributed by atoms with Crippen LogP contribution in [0.25, 0.3) is 16.6 Å². The van der Waals surface area contributed by atoms with E-state index < -0.39 is 43.8 Å². The van der Waals surface area contributed by atoms with Crippen LogP contribution in [0.15, 0.2) is 89.5 Å². The highest BCUT2D eigenvalue weighted by Crippen LogP contribution is 2.44. The van der Waals surface area contributed by atoms with Crippen LogP contribution in [0.3, 0.4) is 0 Å². The largest absolute Gasteiger partial charge is 0.476 e. The number of anilines is 4. The molecule has 0 radical (unpaired) electrons. The fourth-order valence-corrected chi connectivity index (χ4v) is 10.4. The van der Waals surface area contributed by atoms with Crippen molar-refractivity contribution in [3.05, 3.63) is 111 Å². The summed E-state index contributed by atoms with van der Waals surface area (Å²) in [6, 6.07) is 20.5. The summed E-state index contributed by atoms with van der Waals surface area (Å²) in [4.78, 5) is 39.9. The van der Waals surface area contributed by atoms with E-state index in [2.05, 4.69) is 50.8 Å². The summed E-state index contributed by atoms with van der Waals surface area (Å²) in [6.07, 6.45) is 6.35. The van der Waals surface area contributed by atoms with E-state index in [0.717, 1.165) is 86.3 Å². The van der Waals surface area contributed by atoms with Gasteiger partial charge in [-0.05, 0) is 103 Å². The van der Waals surface area contributed by atoms with Crippen LogP contribution in [0.2, 0.25) is 5.02 Å². The number of alkyl halides is 1. The third-order valence-corrected chi connectivity index (χ3v) is 14.6. The summed E-state index contributed by atoms with van der Waals surface area (Å²) in [5.41, 5.74) is 6.13. The number of aromatic amines is 1. The number of aromatic nitrogens is 2. The first-order chi connectivity index (χ1) is 32.1. The monoisotopic (exact) mass is 956 g/mol. The number of nitrogens with one attached hydrogen (secondary N) is 3. The number of nitro groups is 1. The summed E-state index contributed by atoms with van der Waals surface area (Å²) in [5, 5.41) is 16.4. The van der Waals surface area contributed by atoms with E-state index in [1.165, 1.54) is 16.7 Å². The first-order valence-corrected chi connectivity index (χ1v) is 24.5. The number of carbonyl (C=O) groups is 1. The molecule has 3 aliphatic heterocycles. The average molecular weight is 958 g/mol. The summed E-state index contributed by atoms with van der Waals surface area (Å²) in [6.45, 7) is 8.87. The number of halogens is 2. The Labute approximate surface area is 393 Å². The molecule has 5 aromatic rings. The topological polar surface area (TPSA) is 185 Å². The van der Waals surface area contributed by atoms with E-state index in [1.54, 1.807) is 12.3 Å². The molecule has 2 saturated heterocycles. The fourth-order valence-electron chi connectivity index (χ4n) is 9.29. The van der Waals surface area contributed by atoms with E-state index in [9.17, 15) is 23.3 Å². The minimum absolute atomic E-state index is 0.00951. The zero-order chi connectivity index (χ0) is 46.9. The molecular formula is C48H54ClFN8O8S. The molecule has 4 aliphatic rings. The van der Waals surface area contributed by atoms with Crippen molar-refractivity contribution < 1.29 is 36.7 Å². The van der Waals surface area contributed by atoms with Gasteiger partial charge in [-0.1, -0.05) is 43.2 Å². The van der Waals surface area contributed by atoms with Crippen molar-refractivity contribution in [2.75, 3.05) is 87.4 Å². The number of ether oxygens (including phenoxy) is 3. The van der Waals surface area contributed by atoms with Crippen LogP contribution in [0.5, 0.6) is 5.88 Å². The van der Waals surface area contributed by atoms with Crippen LogP contribution in [-0.2, 0) is 19.5 Å². The molecular weight excluding hydrogens is 903 g/mol. The number of carbonyl (C=O) groups excluding carboxylic acids is 1. The Morgan fingerprint density at radius 3 is 2.54 bits per heavy atom. The van der Waals surface area contributed by atoms with Crippen LogP contribution in [0, 0.1) is 15.5 Å². The molecule has 1 atom stereocenters. The van der Waals surface area contributed by atoms with Gasteiger partial charge >= 0.3 is 0 Å². The molecule has 16 nitrogen and oxygen atoms in total. The summed E-state index contributed by atoms with van der Waals surface area (Å²) in [7, 11) is -4.69. The van der Waals surface area contributed by atoms with E-state index in [0.29, 0.717) is 48.9 Å². The van der Waals surface area contributed by atoms with Crippen LogP contribution >= 0.6 is 11.6 Å². The molecule has 1 amide bonds. The number of nitrogens with zero attached hydrogens (tertiary/aromatic N) is 5. The quantitative estimate of drug-likeness (QED) is 0.0800. The van der Waals surface area contributed by atoms with Gasteiger partial charge in [-0.25, -0.2) is 17.5 Å². The number of nitro benzene ring substituents is 1. The number of allylic oxidation sites excluding steroid dienone is 1. The smallest absolute Gasteiger partial charge is 0.293 e. The number of amides is 1. The number of rotatable bonds is 12. The number of sulfonamides is 1. The lowest BCUT2D eigenvalue weighted by molar-refractivity contribution is -0.384. The molecule has 0 saturated carbocycles. The molecule has 2 fully saturated rings. The number of fused-ring (bicyclic) bond motifs is 2. The van der Waals surface area contributed by atoms with Crippen molar-refractivity contribution in [1.29, 1.82) is 0 Å². The molecule has 5 heterocycles. The van der Waals surface area contributed by atoms with Gasteiger partial charge in [0.25, 0.3) is 21.6 Å². The minimum Gasteiger partial charge on any atom is -0.476 e. The summed E-state index contributed by atoms with van der Waals surface area (Å²) < 4.78 is 61.6. The van der Waals surface area contributed by atoms with Crippen molar-refractivity contribution in [3.63, 3.8) is 0 Å². The molecule has 9 rings (SSSR count). The Hall–Kier alpha value is -5.79. The maximum Gasteiger partial charge on any atom is 0.293 e. The predicted octanol–water partition coefficient (Wildman–Crippen LogP) is 8.46.